The zero-order valence-electron chi connectivity index (χ0n) is 25.5. The van der Waals surface area contributed by atoms with Gasteiger partial charge < -0.3 is 47.4 Å². The molecule has 3 aliphatic heterocycles. The molecule has 0 aromatic carbocycles. The van der Waals surface area contributed by atoms with E-state index in [0.29, 0.717) is 11.8 Å². The number of nitrogens with zero attached hydrogens (tertiary/aromatic N) is 1. The minimum absolute atomic E-state index is 0.309. The zero-order chi connectivity index (χ0) is 33.0. The number of fused-ring (bicyclic) bond motifs is 1. The second-order valence-corrected chi connectivity index (χ2v) is 12.8. The lowest BCUT2D eigenvalue weighted by Gasteiger charge is -2.43. The Bertz CT molecular complexity index is 1160. The van der Waals surface area contributed by atoms with E-state index in [0.717, 1.165) is 6.92 Å². The fourth-order valence-electron chi connectivity index (χ4n) is 5.23. The number of esters is 2. The van der Waals surface area contributed by atoms with Gasteiger partial charge in [-0.3, -0.25) is 14.1 Å². The van der Waals surface area contributed by atoms with Gasteiger partial charge in [0.15, 0.2) is 30.3 Å². The second kappa shape index (κ2) is 14.8. The molecular formula is C25H39NO16S2. The van der Waals surface area contributed by atoms with Gasteiger partial charge in [0.25, 0.3) is 0 Å². The van der Waals surface area contributed by atoms with E-state index in [1.54, 1.807) is 27.7 Å². The first-order chi connectivity index (χ1) is 20.4. The topological polar surface area (TPSA) is 214 Å². The first-order valence-corrected chi connectivity index (χ1v) is 15.8. The first kappa shape index (κ1) is 36.8. The molecule has 252 valence electrons. The maximum Gasteiger partial charge on any atom is 0.397 e. The minimum Gasteiger partial charge on any atom is -0.463 e. The summed E-state index contributed by atoms with van der Waals surface area (Å²) in [5, 5.41) is 11.1. The summed E-state index contributed by atoms with van der Waals surface area (Å²) in [7, 11) is -2.45. The Kier molecular flexibility index (Phi) is 12.4. The molecule has 0 radical (unpaired) electrons. The Morgan fingerprint density at radius 3 is 2.11 bits per heavy atom. The number of ether oxygens (including phenoxy) is 10. The van der Waals surface area contributed by atoms with E-state index < -0.39 is 95.3 Å². The van der Waals surface area contributed by atoms with Gasteiger partial charge in [-0.15, -0.1) is 0 Å². The molecule has 3 rings (SSSR count). The Hall–Kier alpha value is -1.67. The van der Waals surface area contributed by atoms with Gasteiger partial charge in [-0.25, -0.2) is 4.18 Å². The quantitative estimate of drug-likeness (QED) is 0.116. The van der Waals surface area contributed by atoms with Crippen LogP contribution in [0.15, 0.2) is 0 Å². The zero-order valence-corrected chi connectivity index (χ0v) is 27.2. The summed E-state index contributed by atoms with van der Waals surface area (Å²) < 4.78 is 96.9. The Labute approximate surface area is 259 Å². The van der Waals surface area contributed by atoms with Gasteiger partial charge in [-0.1, -0.05) is 0 Å². The summed E-state index contributed by atoms with van der Waals surface area (Å²) >= 11 is 0.603. The Morgan fingerprint density at radius 2 is 1.57 bits per heavy atom. The number of nitriles is 1. The van der Waals surface area contributed by atoms with E-state index in [4.69, 9.17) is 51.6 Å². The van der Waals surface area contributed by atoms with Crippen LogP contribution in [0.25, 0.3) is 0 Å². The molecule has 0 spiro atoms. The second-order valence-electron chi connectivity index (χ2n) is 11.0. The highest BCUT2D eigenvalue weighted by atomic mass is 32.3. The van der Waals surface area contributed by atoms with Gasteiger partial charge in [-0.2, -0.15) is 13.7 Å². The number of carbonyl (C=O) groups excluding carboxylic acids is 2. The van der Waals surface area contributed by atoms with E-state index in [2.05, 4.69) is 0 Å². The fraction of sp³-hybridized carbons (Fsp3) is 0.880. The van der Waals surface area contributed by atoms with Crippen molar-refractivity contribution in [1.29, 1.82) is 5.26 Å². The third-order valence-corrected chi connectivity index (χ3v) is 7.73. The third-order valence-electron chi connectivity index (χ3n) is 6.62. The van der Waals surface area contributed by atoms with Crippen LogP contribution >= 0.6 is 11.8 Å². The van der Waals surface area contributed by atoms with Crippen LogP contribution in [0, 0.1) is 10.7 Å². The molecule has 19 heteroatoms. The molecule has 0 unspecified atom stereocenters. The molecule has 3 fully saturated rings. The largest absolute Gasteiger partial charge is 0.463 e. The molecule has 44 heavy (non-hydrogen) atoms. The van der Waals surface area contributed by atoms with Crippen molar-refractivity contribution in [2.45, 2.75) is 115 Å². The Morgan fingerprint density at radius 1 is 0.977 bits per heavy atom. The number of thioether (sulfide) groups is 1. The van der Waals surface area contributed by atoms with Crippen LogP contribution in [0.4, 0.5) is 0 Å². The van der Waals surface area contributed by atoms with Crippen LogP contribution in [0.1, 0.15) is 41.5 Å². The van der Waals surface area contributed by atoms with Crippen LogP contribution in [0.2, 0.25) is 0 Å². The number of hydrogen-bond acceptors (Lipinski definition) is 17. The van der Waals surface area contributed by atoms with Gasteiger partial charge in [0.2, 0.25) is 0 Å². The monoisotopic (exact) mass is 673 g/mol. The highest BCUT2D eigenvalue weighted by molar-refractivity contribution is 8.03. The third kappa shape index (κ3) is 9.67. The van der Waals surface area contributed by atoms with E-state index in [1.165, 1.54) is 21.1 Å². The van der Waals surface area contributed by atoms with Crippen LogP contribution in [-0.4, -0.2) is 124 Å². The van der Waals surface area contributed by atoms with Gasteiger partial charge in [0.05, 0.1) is 0 Å². The summed E-state index contributed by atoms with van der Waals surface area (Å²) in [5.74, 6) is -4.18. The maximum absolute atomic E-state index is 12.3. The van der Waals surface area contributed by atoms with Crippen molar-refractivity contribution in [2.24, 2.45) is 0 Å². The minimum atomic E-state index is -5.13. The predicted molar refractivity (Wildman–Crippen MR) is 146 cm³/mol. The van der Waals surface area contributed by atoms with Gasteiger partial charge in [0.1, 0.15) is 54.7 Å². The van der Waals surface area contributed by atoms with Gasteiger partial charge >= 0.3 is 22.3 Å². The van der Waals surface area contributed by atoms with E-state index in [1.807, 2.05) is 5.40 Å². The maximum atomic E-state index is 12.3. The lowest BCUT2D eigenvalue weighted by atomic mass is 9.98. The highest BCUT2D eigenvalue weighted by Crippen LogP contribution is 2.42. The molecule has 3 aliphatic rings. The van der Waals surface area contributed by atoms with Crippen LogP contribution in [-0.2, 0) is 71.5 Å². The van der Waals surface area contributed by atoms with Crippen LogP contribution < -0.4 is 0 Å². The van der Waals surface area contributed by atoms with Crippen molar-refractivity contribution in [3.05, 3.63) is 0 Å². The molecule has 0 aromatic heterocycles. The number of rotatable bonds is 14. The smallest absolute Gasteiger partial charge is 0.397 e. The summed E-state index contributed by atoms with van der Waals surface area (Å²) in [5.41, 5.74) is 0. The van der Waals surface area contributed by atoms with E-state index in [-0.39, 0.29) is 12.4 Å². The summed E-state index contributed by atoms with van der Waals surface area (Å²) in [4.78, 5) is 23.9. The number of methoxy groups -OCH3 is 2. The predicted octanol–water partition coefficient (Wildman–Crippen LogP) is 0.653. The summed E-state index contributed by atoms with van der Waals surface area (Å²) in [6.45, 7) is 8.44. The lowest BCUT2D eigenvalue weighted by molar-refractivity contribution is -0.313. The van der Waals surface area contributed by atoms with Crippen molar-refractivity contribution < 1.29 is 74.1 Å². The van der Waals surface area contributed by atoms with Crippen molar-refractivity contribution in [1.82, 2.24) is 0 Å². The molecule has 0 bridgehead atoms. The normalized spacial score (nSPS) is 32.4. The fourth-order valence-corrected chi connectivity index (χ4v) is 6.30. The molecule has 1 N–H and O–H groups in total. The molecule has 9 atom stereocenters. The summed E-state index contributed by atoms with van der Waals surface area (Å²) in [6.07, 6.45) is -12.4. The molecule has 0 amide bonds. The molecule has 0 saturated carbocycles. The Balaban J connectivity index is 2.12. The van der Waals surface area contributed by atoms with Gasteiger partial charge in [-0.05, 0) is 39.5 Å². The van der Waals surface area contributed by atoms with Crippen LogP contribution in [0.5, 0.6) is 0 Å². The molecule has 3 heterocycles. The first-order valence-electron chi connectivity index (χ1n) is 13.4. The number of thiocyanates is 1. The lowest BCUT2D eigenvalue weighted by Crippen LogP contribution is -2.62. The molecule has 17 nitrogen and oxygen atoms in total. The highest BCUT2D eigenvalue weighted by Gasteiger charge is 2.60. The van der Waals surface area contributed by atoms with E-state index >= 15 is 0 Å². The number of carbonyl (C=O) groups is 2. The standard InChI is InChI=1S/C25H39NO16S2/c1-12(27)34-9-14-17-19(40-24(3,4)38-17)20(35-13(2)28)23(36-14)37-16(15(10-43-11-26)42-44(29,30)31)18-21(22(32-7)33-8)41-25(5,6)39-18/h14-23H,9-10H2,1-8H3,(H,29,30,31)/t14-,15-,16-,17+,18+,19+,20-,21-,23+/m1/s1. The average molecular weight is 674 g/mol. The molecule has 0 aliphatic carbocycles. The summed E-state index contributed by atoms with van der Waals surface area (Å²) in [6, 6.07) is 0. The van der Waals surface area contributed by atoms with E-state index in [9.17, 15) is 27.8 Å². The number of hydrogen-bond donors (Lipinski definition) is 1. The SMILES string of the molecule is COC(OC)[C@@H]1OC(C)(C)O[C@H]1[C@H](O[C@@H]1O[C@H](COC(C)=O)[C@@H]2OC(C)(C)O[C@@H]2[C@H]1OC(C)=O)[C@@H](CSC#N)OS(=O)(=O)O. The van der Waals surface area contributed by atoms with Crippen molar-refractivity contribution in [2.75, 3.05) is 26.6 Å². The van der Waals surface area contributed by atoms with Crippen molar-refractivity contribution >= 4 is 34.1 Å². The van der Waals surface area contributed by atoms with Crippen molar-refractivity contribution in [3.8, 4) is 5.40 Å². The molecular weight excluding hydrogens is 634 g/mol. The van der Waals surface area contributed by atoms with Crippen LogP contribution in [0.3, 0.4) is 0 Å². The van der Waals surface area contributed by atoms with Crippen molar-refractivity contribution in [3.63, 3.8) is 0 Å². The van der Waals surface area contributed by atoms with Gasteiger partial charge in [0, 0.05) is 33.8 Å². The molecule has 3 saturated heterocycles. The molecule has 0 aromatic rings. The average Bonchev–Trinajstić information content (AvgIpc) is 3.39.